The molecule has 0 fully saturated rings. The summed E-state index contributed by atoms with van der Waals surface area (Å²) in [4.78, 5) is 27.1. The van der Waals surface area contributed by atoms with Crippen LogP contribution in [0.25, 0.3) is 0 Å². The molecular weight excluding hydrogens is 325 g/mol. The number of amides is 1. The van der Waals surface area contributed by atoms with Crippen molar-refractivity contribution in [1.29, 1.82) is 0 Å². The van der Waals surface area contributed by atoms with Crippen molar-refractivity contribution in [3.05, 3.63) is 39.2 Å². The number of rotatable bonds is 9. The number of nitrogens with zero attached hydrogens (tertiary/aromatic N) is 3. The molecule has 0 unspecified atom stereocenters. The van der Waals surface area contributed by atoms with Crippen molar-refractivity contribution < 1.29 is 14.1 Å². The first-order valence-corrected chi connectivity index (χ1v) is 8.67. The largest absolute Gasteiger partial charge is 0.337 e. The molecular formula is C18H28FN3O3. The van der Waals surface area contributed by atoms with Crippen LogP contribution in [0, 0.1) is 28.8 Å². The predicted octanol–water partition coefficient (Wildman–Crippen LogP) is 3.48. The van der Waals surface area contributed by atoms with Crippen molar-refractivity contribution in [1.82, 2.24) is 9.80 Å². The fourth-order valence-electron chi connectivity index (χ4n) is 2.68. The average Bonchev–Trinajstić information content (AvgIpc) is 2.55. The van der Waals surface area contributed by atoms with Gasteiger partial charge >= 0.3 is 0 Å². The minimum absolute atomic E-state index is 0.0231. The van der Waals surface area contributed by atoms with Crippen LogP contribution in [0.4, 0.5) is 10.1 Å². The van der Waals surface area contributed by atoms with Crippen LogP contribution in [0.15, 0.2) is 12.1 Å². The van der Waals surface area contributed by atoms with Gasteiger partial charge in [-0.05, 0) is 32.0 Å². The van der Waals surface area contributed by atoms with E-state index in [2.05, 4.69) is 18.7 Å². The third-order valence-electron chi connectivity index (χ3n) is 4.21. The minimum atomic E-state index is -0.731. The Hall–Kier alpha value is -2.02. The summed E-state index contributed by atoms with van der Waals surface area (Å²) in [5.41, 5.74) is -0.397. The van der Waals surface area contributed by atoms with Gasteiger partial charge in [0.2, 0.25) is 0 Å². The molecule has 0 spiro atoms. The highest BCUT2D eigenvalue weighted by atomic mass is 19.1. The topological polar surface area (TPSA) is 66.7 Å². The van der Waals surface area contributed by atoms with E-state index in [9.17, 15) is 19.3 Å². The van der Waals surface area contributed by atoms with Gasteiger partial charge in [-0.2, -0.15) is 0 Å². The first kappa shape index (κ1) is 21.0. The fraction of sp³-hybridized carbons (Fsp3) is 0.611. The number of nitro benzene ring substituents is 1. The van der Waals surface area contributed by atoms with E-state index in [0.29, 0.717) is 19.6 Å². The van der Waals surface area contributed by atoms with Gasteiger partial charge in [-0.1, -0.05) is 27.7 Å². The number of benzene rings is 1. The number of likely N-dealkylation sites (N-methyl/N-ethyl adjacent to an activating group) is 1. The number of carbonyl (C=O) groups is 1. The molecule has 1 aromatic carbocycles. The maximum absolute atomic E-state index is 14.0. The van der Waals surface area contributed by atoms with Crippen molar-refractivity contribution >= 4 is 11.6 Å². The first-order chi connectivity index (χ1) is 11.7. The van der Waals surface area contributed by atoms with Crippen molar-refractivity contribution in [2.45, 2.75) is 34.6 Å². The van der Waals surface area contributed by atoms with Gasteiger partial charge in [0.25, 0.3) is 11.6 Å². The SMILES string of the molecule is CCN(CC)CCN(CC(C)C)C(=O)c1cc(F)c(C)c([N+](=O)[O-])c1. The molecule has 0 heterocycles. The molecule has 1 amide bonds. The minimum Gasteiger partial charge on any atom is -0.337 e. The van der Waals surface area contributed by atoms with Crippen LogP contribution in [-0.4, -0.2) is 53.4 Å². The number of hydrogen-bond acceptors (Lipinski definition) is 4. The molecule has 0 aromatic heterocycles. The quantitative estimate of drug-likeness (QED) is 0.503. The van der Waals surface area contributed by atoms with Gasteiger partial charge < -0.3 is 9.80 Å². The van der Waals surface area contributed by atoms with Crippen LogP contribution in [0.3, 0.4) is 0 Å². The van der Waals surface area contributed by atoms with Gasteiger partial charge in [-0.3, -0.25) is 14.9 Å². The van der Waals surface area contributed by atoms with E-state index >= 15 is 0 Å². The Morgan fingerprint density at radius 2 is 1.84 bits per heavy atom. The second kappa shape index (κ2) is 9.46. The zero-order valence-electron chi connectivity index (χ0n) is 15.7. The lowest BCUT2D eigenvalue weighted by Crippen LogP contribution is -2.40. The van der Waals surface area contributed by atoms with Crippen LogP contribution in [0.2, 0.25) is 0 Å². The lowest BCUT2D eigenvalue weighted by molar-refractivity contribution is -0.385. The van der Waals surface area contributed by atoms with Crippen molar-refractivity contribution in [3.8, 4) is 0 Å². The van der Waals surface area contributed by atoms with Crippen LogP contribution < -0.4 is 0 Å². The van der Waals surface area contributed by atoms with Gasteiger partial charge in [0.05, 0.1) is 10.5 Å². The fourth-order valence-corrected chi connectivity index (χ4v) is 2.68. The van der Waals surface area contributed by atoms with E-state index in [0.717, 1.165) is 19.2 Å². The van der Waals surface area contributed by atoms with E-state index in [4.69, 9.17) is 0 Å². The molecule has 1 rings (SSSR count). The zero-order chi connectivity index (χ0) is 19.1. The number of halogens is 1. The maximum Gasteiger partial charge on any atom is 0.276 e. The Balaban J connectivity index is 3.10. The molecule has 1 aromatic rings. The summed E-state index contributed by atoms with van der Waals surface area (Å²) in [7, 11) is 0. The zero-order valence-corrected chi connectivity index (χ0v) is 15.7. The number of hydrogen-bond donors (Lipinski definition) is 0. The van der Waals surface area contributed by atoms with Crippen molar-refractivity contribution in [3.63, 3.8) is 0 Å². The molecule has 0 radical (unpaired) electrons. The second-order valence-corrected chi connectivity index (χ2v) is 6.53. The van der Waals surface area contributed by atoms with Gasteiger partial charge in [-0.25, -0.2) is 4.39 Å². The average molecular weight is 353 g/mol. The summed E-state index contributed by atoms with van der Waals surface area (Å²) in [6, 6.07) is 2.26. The standard InChI is InChI=1S/C18H28FN3O3/c1-6-20(7-2)8-9-21(12-13(3)4)18(23)15-10-16(19)14(5)17(11-15)22(24)25/h10-11,13H,6-9,12H2,1-5H3. The summed E-state index contributed by atoms with van der Waals surface area (Å²) >= 11 is 0. The Morgan fingerprint density at radius 3 is 2.32 bits per heavy atom. The highest BCUT2D eigenvalue weighted by Crippen LogP contribution is 2.24. The molecule has 0 saturated heterocycles. The maximum atomic E-state index is 14.0. The highest BCUT2D eigenvalue weighted by Gasteiger charge is 2.23. The third kappa shape index (κ3) is 5.77. The molecule has 140 valence electrons. The van der Waals surface area contributed by atoms with Crippen molar-refractivity contribution in [2.24, 2.45) is 5.92 Å². The van der Waals surface area contributed by atoms with Crippen molar-refractivity contribution in [2.75, 3.05) is 32.7 Å². The molecule has 25 heavy (non-hydrogen) atoms. The Bertz CT molecular complexity index is 616. The van der Waals surface area contributed by atoms with E-state index in [1.807, 2.05) is 13.8 Å². The number of nitro groups is 1. The number of carbonyl (C=O) groups excluding carboxylic acids is 1. The van der Waals surface area contributed by atoms with Gasteiger partial charge in [0, 0.05) is 31.3 Å². The molecule has 0 aliphatic heterocycles. The van der Waals surface area contributed by atoms with Gasteiger partial charge in [0.1, 0.15) is 5.82 Å². The third-order valence-corrected chi connectivity index (χ3v) is 4.21. The first-order valence-electron chi connectivity index (χ1n) is 8.67. The van der Waals surface area contributed by atoms with Crippen LogP contribution in [-0.2, 0) is 0 Å². The summed E-state index contributed by atoms with van der Waals surface area (Å²) < 4.78 is 14.0. The van der Waals surface area contributed by atoms with Crippen LogP contribution in [0.1, 0.15) is 43.6 Å². The van der Waals surface area contributed by atoms with Crippen LogP contribution >= 0.6 is 0 Å². The normalized spacial score (nSPS) is 11.2. The monoisotopic (exact) mass is 353 g/mol. The predicted molar refractivity (Wildman–Crippen MR) is 96.3 cm³/mol. The lowest BCUT2D eigenvalue weighted by atomic mass is 10.1. The molecule has 0 saturated carbocycles. The summed E-state index contributed by atoms with van der Waals surface area (Å²) in [5.74, 6) is -0.861. The van der Waals surface area contributed by atoms with E-state index in [1.54, 1.807) is 4.90 Å². The summed E-state index contributed by atoms with van der Waals surface area (Å²) in [6.07, 6.45) is 0. The van der Waals surface area contributed by atoms with E-state index in [-0.39, 0.29) is 28.6 Å². The Kier molecular flexibility index (Phi) is 7.96. The highest BCUT2D eigenvalue weighted by molar-refractivity contribution is 5.95. The molecule has 0 bridgehead atoms. The Morgan fingerprint density at radius 1 is 1.24 bits per heavy atom. The van der Waals surface area contributed by atoms with Gasteiger partial charge in [0.15, 0.2) is 0 Å². The van der Waals surface area contributed by atoms with Crippen LogP contribution in [0.5, 0.6) is 0 Å². The van der Waals surface area contributed by atoms with E-state index in [1.165, 1.54) is 13.0 Å². The molecule has 7 heteroatoms. The molecule has 0 atom stereocenters. The lowest BCUT2D eigenvalue weighted by Gasteiger charge is -2.28. The molecule has 6 nitrogen and oxygen atoms in total. The Labute approximate surface area is 148 Å². The molecule has 0 aliphatic carbocycles. The smallest absolute Gasteiger partial charge is 0.276 e. The van der Waals surface area contributed by atoms with E-state index < -0.39 is 10.7 Å². The second-order valence-electron chi connectivity index (χ2n) is 6.53. The molecule has 0 aliphatic rings. The van der Waals surface area contributed by atoms with Gasteiger partial charge in [-0.15, -0.1) is 0 Å². The summed E-state index contributed by atoms with van der Waals surface area (Å²) in [6.45, 7) is 12.9. The summed E-state index contributed by atoms with van der Waals surface area (Å²) in [5, 5.41) is 11.1. The molecule has 0 N–H and O–H groups in total.